The Kier molecular flexibility index (Phi) is 5.98. The van der Waals surface area contributed by atoms with Crippen LogP contribution in [-0.4, -0.2) is 24.5 Å². The van der Waals surface area contributed by atoms with Crippen LogP contribution in [0.4, 0.5) is 5.69 Å². The second kappa shape index (κ2) is 7.25. The lowest BCUT2D eigenvalue weighted by Gasteiger charge is -2.12. The minimum Gasteiger partial charge on any atom is -0.462 e. The molecule has 0 aliphatic carbocycles. The zero-order chi connectivity index (χ0) is 14.4. The summed E-state index contributed by atoms with van der Waals surface area (Å²) < 4.78 is 5.50. The molecule has 1 amide bonds. The van der Waals surface area contributed by atoms with E-state index in [0.717, 1.165) is 0 Å². The number of hydrogen-bond acceptors (Lipinski definition) is 4. The van der Waals surface area contributed by atoms with Crippen molar-refractivity contribution in [2.45, 2.75) is 26.3 Å². The summed E-state index contributed by atoms with van der Waals surface area (Å²) in [6.07, 6.45) is 0.560. The topological polar surface area (TPSA) is 81.4 Å². The maximum atomic E-state index is 11.7. The first kappa shape index (κ1) is 15.7. The van der Waals surface area contributed by atoms with E-state index in [9.17, 15) is 9.59 Å². The third kappa shape index (κ3) is 4.33. The molecule has 1 aromatic carbocycles. The van der Waals surface area contributed by atoms with Gasteiger partial charge in [-0.3, -0.25) is 4.79 Å². The van der Waals surface area contributed by atoms with E-state index >= 15 is 0 Å². The summed E-state index contributed by atoms with van der Waals surface area (Å²) in [6.45, 7) is 3.90. The Hall–Kier alpha value is -1.40. The molecule has 1 atom stereocenters. The number of halogens is 1. The van der Waals surface area contributed by atoms with E-state index in [1.54, 1.807) is 25.1 Å². The van der Waals surface area contributed by atoms with Gasteiger partial charge in [-0.2, -0.15) is 0 Å². The van der Waals surface area contributed by atoms with Crippen LogP contribution in [0, 0.1) is 0 Å². The second-order valence-corrected chi connectivity index (χ2v) is 4.77. The Labute approximate surface area is 120 Å². The van der Waals surface area contributed by atoms with Crippen molar-refractivity contribution >= 4 is 33.5 Å². The third-order valence-corrected chi connectivity index (χ3v) is 3.17. The monoisotopic (exact) mass is 328 g/mol. The number of benzene rings is 1. The Bertz CT molecular complexity index is 477. The summed E-state index contributed by atoms with van der Waals surface area (Å²) in [4.78, 5) is 23.2. The van der Waals surface area contributed by atoms with Gasteiger partial charge in [-0.25, -0.2) is 4.79 Å². The van der Waals surface area contributed by atoms with Crippen LogP contribution in [0.3, 0.4) is 0 Å². The lowest BCUT2D eigenvalue weighted by Crippen LogP contribution is -2.34. The van der Waals surface area contributed by atoms with Gasteiger partial charge in [0.05, 0.1) is 23.9 Å². The highest BCUT2D eigenvalue weighted by molar-refractivity contribution is 9.10. The van der Waals surface area contributed by atoms with E-state index in [1.807, 2.05) is 6.92 Å². The molecule has 0 heterocycles. The van der Waals surface area contributed by atoms with Gasteiger partial charge in [0.15, 0.2) is 0 Å². The summed E-state index contributed by atoms with van der Waals surface area (Å²) in [5, 5.41) is 2.70. The number of amides is 1. The molecule has 0 aliphatic heterocycles. The SMILES string of the molecule is CCOC(=O)c1ccc(NC(=O)[C@H](N)CC)c(Br)c1. The molecule has 0 unspecified atom stereocenters. The van der Waals surface area contributed by atoms with Crippen molar-refractivity contribution in [2.75, 3.05) is 11.9 Å². The highest BCUT2D eigenvalue weighted by Crippen LogP contribution is 2.24. The van der Waals surface area contributed by atoms with Gasteiger partial charge in [0.25, 0.3) is 0 Å². The van der Waals surface area contributed by atoms with Gasteiger partial charge in [-0.05, 0) is 47.5 Å². The fourth-order valence-electron chi connectivity index (χ4n) is 1.37. The molecule has 104 valence electrons. The Morgan fingerprint density at radius 1 is 1.42 bits per heavy atom. The fraction of sp³-hybridized carbons (Fsp3) is 0.385. The predicted octanol–water partition coefficient (Wildman–Crippen LogP) is 2.30. The zero-order valence-corrected chi connectivity index (χ0v) is 12.5. The highest BCUT2D eigenvalue weighted by atomic mass is 79.9. The normalized spacial score (nSPS) is 11.8. The van der Waals surface area contributed by atoms with Crippen LogP contribution in [0.15, 0.2) is 22.7 Å². The lowest BCUT2D eigenvalue weighted by molar-refractivity contribution is -0.117. The third-order valence-electron chi connectivity index (χ3n) is 2.51. The first-order chi connectivity index (χ1) is 8.99. The van der Waals surface area contributed by atoms with Crippen molar-refractivity contribution in [3.8, 4) is 0 Å². The van der Waals surface area contributed by atoms with Crippen molar-refractivity contribution < 1.29 is 14.3 Å². The molecule has 1 aromatic rings. The van der Waals surface area contributed by atoms with Crippen molar-refractivity contribution in [3.63, 3.8) is 0 Å². The van der Waals surface area contributed by atoms with Crippen molar-refractivity contribution in [1.29, 1.82) is 0 Å². The number of nitrogens with one attached hydrogen (secondary N) is 1. The molecule has 3 N–H and O–H groups in total. The highest BCUT2D eigenvalue weighted by Gasteiger charge is 2.14. The smallest absolute Gasteiger partial charge is 0.338 e. The molecule has 0 radical (unpaired) electrons. The quantitative estimate of drug-likeness (QED) is 0.812. The van der Waals surface area contributed by atoms with Gasteiger partial charge < -0.3 is 15.8 Å². The molecule has 19 heavy (non-hydrogen) atoms. The average molecular weight is 329 g/mol. The van der Waals surface area contributed by atoms with Gasteiger partial charge in [-0.1, -0.05) is 6.92 Å². The van der Waals surface area contributed by atoms with Gasteiger partial charge in [0.2, 0.25) is 5.91 Å². The number of rotatable bonds is 5. The van der Waals surface area contributed by atoms with Crippen molar-refractivity contribution in [1.82, 2.24) is 0 Å². The molecule has 0 spiro atoms. The van der Waals surface area contributed by atoms with E-state index in [0.29, 0.717) is 28.8 Å². The van der Waals surface area contributed by atoms with Crippen LogP contribution >= 0.6 is 15.9 Å². The molecule has 5 nitrogen and oxygen atoms in total. The lowest BCUT2D eigenvalue weighted by atomic mass is 10.2. The van der Waals surface area contributed by atoms with Crippen LogP contribution < -0.4 is 11.1 Å². The van der Waals surface area contributed by atoms with E-state index in [-0.39, 0.29) is 5.91 Å². The van der Waals surface area contributed by atoms with Crippen LogP contribution in [0.1, 0.15) is 30.6 Å². The predicted molar refractivity (Wildman–Crippen MR) is 77.0 cm³/mol. The maximum Gasteiger partial charge on any atom is 0.338 e. The molecule has 0 aromatic heterocycles. The summed E-state index contributed by atoms with van der Waals surface area (Å²) in [5.74, 6) is -0.654. The van der Waals surface area contributed by atoms with E-state index in [1.165, 1.54) is 0 Å². The number of anilines is 1. The van der Waals surface area contributed by atoms with Crippen LogP contribution in [0.2, 0.25) is 0 Å². The van der Waals surface area contributed by atoms with E-state index in [4.69, 9.17) is 10.5 Å². The Morgan fingerprint density at radius 3 is 2.63 bits per heavy atom. The Morgan fingerprint density at radius 2 is 2.11 bits per heavy atom. The van der Waals surface area contributed by atoms with Crippen molar-refractivity contribution in [3.05, 3.63) is 28.2 Å². The van der Waals surface area contributed by atoms with Gasteiger partial charge in [0.1, 0.15) is 0 Å². The summed E-state index contributed by atoms with van der Waals surface area (Å²) in [7, 11) is 0. The van der Waals surface area contributed by atoms with Gasteiger partial charge in [0, 0.05) is 4.47 Å². The Balaban J connectivity index is 2.83. The number of ether oxygens (including phenoxy) is 1. The minimum absolute atomic E-state index is 0.257. The summed E-state index contributed by atoms with van der Waals surface area (Å²) >= 11 is 3.30. The van der Waals surface area contributed by atoms with Gasteiger partial charge in [-0.15, -0.1) is 0 Å². The molecule has 0 fully saturated rings. The van der Waals surface area contributed by atoms with Crippen LogP contribution in [-0.2, 0) is 9.53 Å². The fourth-order valence-corrected chi connectivity index (χ4v) is 1.85. The van der Waals surface area contributed by atoms with Crippen molar-refractivity contribution in [2.24, 2.45) is 5.73 Å². The average Bonchev–Trinajstić information content (AvgIpc) is 2.40. The molecule has 0 saturated heterocycles. The number of carbonyl (C=O) groups is 2. The first-order valence-corrected chi connectivity index (χ1v) is 6.82. The van der Waals surface area contributed by atoms with Crippen LogP contribution in [0.5, 0.6) is 0 Å². The van der Waals surface area contributed by atoms with E-state index < -0.39 is 12.0 Å². The summed E-state index contributed by atoms with van der Waals surface area (Å²) in [5.41, 5.74) is 6.62. The standard InChI is InChI=1S/C13H17BrN2O3/c1-3-10(15)12(17)16-11-6-5-8(7-9(11)14)13(18)19-4-2/h5-7,10H,3-4,15H2,1-2H3,(H,16,17)/t10-/m1/s1. The minimum atomic E-state index is -0.545. The number of hydrogen-bond donors (Lipinski definition) is 2. The second-order valence-electron chi connectivity index (χ2n) is 3.92. The first-order valence-electron chi connectivity index (χ1n) is 6.02. The van der Waals surface area contributed by atoms with E-state index in [2.05, 4.69) is 21.2 Å². The molecule has 0 saturated carbocycles. The zero-order valence-electron chi connectivity index (χ0n) is 10.9. The molecular formula is C13H17BrN2O3. The number of esters is 1. The van der Waals surface area contributed by atoms with Crippen LogP contribution in [0.25, 0.3) is 0 Å². The molecule has 6 heteroatoms. The number of carbonyl (C=O) groups excluding carboxylic acids is 2. The molecule has 0 aliphatic rings. The summed E-state index contributed by atoms with van der Waals surface area (Å²) in [6, 6.07) is 4.29. The molecule has 1 rings (SSSR count). The van der Waals surface area contributed by atoms with Gasteiger partial charge >= 0.3 is 5.97 Å². The largest absolute Gasteiger partial charge is 0.462 e. The molecule has 0 bridgehead atoms. The maximum absolute atomic E-state index is 11.7. The number of nitrogens with two attached hydrogens (primary N) is 1. The molecular weight excluding hydrogens is 312 g/mol.